The monoisotopic (exact) mass is 498 g/mol. The minimum atomic E-state index is -1.27. The first-order valence-corrected chi connectivity index (χ1v) is 12.2. The van der Waals surface area contributed by atoms with Crippen molar-refractivity contribution in [2.45, 2.75) is 30.0 Å². The number of anilines is 1. The fraction of sp³-hybridized carbons (Fsp3) is 0.471. The maximum absolute atomic E-state index is 13.0. The zero-order chi connectivity index (χ0) is 23.0. The number of carboxylic acid groups (broad SMARTS) is 2. The molecule has 0 aromatic carbocycles. The Morgan fingerprint density at radius 1 is 1.38 bits per heavy atom. The van der Waals surface area contributed by atoms with Gasteiger partial charge in [0.25, 0.3) is 0 Å². The second kappa shape index (κ2) is 8.71. The third-order valence-corrected chi connectivity index (χ3v) is 8.88. The van der Waals surface area contributed by atoms with Gasteiger partial charge in [-0.2, -0.15) is 0 Å². The molecule has 32 heavy (non-hydrogen) atoms. The van der Waals surface area contributed by atoms with Gasteiger partial charge in [0, 0.05) is 25.0 Å². The van der Waals surface area contributed by atoms with Crippen molar-refractivity contribution in [1.82, 2.24) is 25.1 Å². The molecule has 2 saturated heterocycles. The number of thiophene rings is 1. The summed E-state index contributed by atoms with van der Waals surface area (Å²) in [5.41, 5.74) is -1.27. The van der Waals surface area contributed by atoms with Gasteiger partial charge in [-0.3, -0.25) is 24.1 Å². The maximum atomic E-state index is 13.0. The Hall–Kier alpha value is -2.65. The van der Waals surface area contributed by atoms with Gasteiger partial charge in [-0.05, 0) is 27.9 Å². The van der Waals surface area contributed by atoms with Gasteiger partial charge in [0.05, 0.1) is 5.00 Å². The Bertz CT molecular complexity index is 1060. The Labute approximate surface area is 193 Å². The molecule has 0 aliphatic carbocycles. The molecular formula is C17H18N6O6S3. The predicted molar refractivity (Wildman–Crippen MR) is 115 cm³/mol. The molecule has 2 aliphatic heterocycles. The number of carboxylic acids is 2. The van der Waals surface area contributed by atoms with E-state index in [2.05, 4.69) is 15.5 Å². The molecule has 2 N–H and O–H groups in total. The normalized spacial score (nSPS) is 24.5. The van der Waals surface area contributed by atoms with Crippen LogP contribution in [0.1, 0.15) is 6.92 Å². The Morgan fingerprint density at radius 3 is 2.78 bits per heavy atom. The molecule has 0 spiro atoms. The van der Waals surface area contributed by atoms with E-state index in [1.165, 1.54) is 39.8 Å². The Morgan fingerprint density at radius 2 is 2.16 bits per heavy atom. The lowest BCUT2D eigenvalue weighted by atomic mass is 9.89. The van der Waals surface area contributed by atoms with E-state index in [0.29, 0.717) is 5.00 Å². The zero-order valence-electron chi connectivity index (χ0n) is 16.7. The molecule has 2 aromatic heterocycles. The number of amides is 2. The average Bonchev–Trinajstić information content (AvgIpc) is 3.41. The first kappa shape index (κ1) is 22.5. The summed E-state index contributed by atoms with van der Waals surface area (Å²) in [5, 5.41) is 32.1. The molecule has 2 aliphatic rings. The van der Waals surface area contributed by atoms with E-state index in [1.54, 1.807) is 12.1 Å². The number of thioether (sulfide) groups is 2. The van der Waals surface area contributed by atoms with Crippen molar-refractivity contribution >= 4 is 63.6 Å². The lowest BCUT2D eigenvalue weighted by molar-refractivity contribution is -0.156. The summed E-state index contributed by atoms with van der Waals surface area (Å²) in [6, 6.07) is 2.91. The van der Waals surface area contributed by atoms with Crippen LogP contribution in [0.15, 0.2) is 22.7 Å². The van der Waals surface area contributed by atoms with Crippen molar-refractivity contribution in [3.05, 3.63) is 17.5 Å². The van der Waals surface area contributed by atoms with Gasteiger partial charge < -0.3 is 15.1 Å². The van der Waals surface area contributed by atoms with Crippen LogP contribution in [0.2, 0.25) is 0 Å². The topological polar surface area (TPSA) is 159 Å². The Balaban J connectivity index is 1.49. The molecule has 2 fully saturated rings. The molecule has 3 atom stereocenters. The largest absolute Gasteiger partial charge is 0.481 e. The van der Waals surface area contributed by atoms with Gasteiger partial charge >= 0.3 is 11.9 Å². The van der Waals surface area contributed by atoms with Crippen LogP contribution < -0.4 is 4.90 Å². The molecule has 0 saturated carbocycles. The SMILES string of the molecule is CC(=O)N(c1cccs1)C1C(=O)N2CC(CSc3nnnn3CC(=O)O)(C(=O)O)CS[C@H]12. The molecule has 2 aromatic rings. The summed E-state index contributed by atoms with van der Waals surface area (Å²) in [4.78, 5) is 51.4. The summed E-state index contributed by atoms with van der Waals surface area (Å²) in [5.74, 6) is -2.46. The van der Waals surface area contributed by atoms with Crippen molar-refractivity contribution in [2.75, 3.05) is 23.0 Å². The van der Waals surface area contributed by atoms with E-state index in [0.717, 1.165) is 16.4 Å². The highest BCUT2D eigenvalue weighted by molar-refractivity contribution is 8.00. The van der Waals surface area contributed by atoms with Crippen LogP contribution in [0.4, 0.5) is 5.00 Å². The van der Waals surface area contributed by atoms with E-state index in [1.807, 2.05) is 5.38 Å². The smallest absolute Gasteiger partial charge is 0.325 e. The van der Waals surface area contributed by atoms with Gasteiger partial charge in [0.1, 0.15) is 23.4 Å². The van der Waals surface area contributed by atoms with E-state index in [4.69, 9.17) is 5.11 Å². The number of carbonyl (C=O) groups is 4. The molecule has 0 bridgehead atoms. The molecule has 12 nitrogen and oxygen atoms in total. The van der Waals surface area contributed by atoms with Gasteiger partial charge in [-0.25, -0.2) is 4.68 Å². The van der Waals surface area contributed by atoms with Crippen LogP contribution in [-0.4, -0.2) is 88.5 Å². The van der Waals surface area contributed by atoms with Crippen LogP contribution in [-0.2, 0) is 25.7 Å². The molecule has 4 heterocycles. The number of fused-ring (bicyclic) bond motifs is 1. The summed E-state index contributed by atoms with van der Waals surface area (Å²) in [6.45, 7) is 0.948. The number of aliphatic carboxylic acids is 2. The number of hydrogen-bond donors (Lipinski definition) is 2. The van der Waals surface area contributed by atoms with E-state index < -0.39 is 29.9 Å². The van der Waals surface area contributed by atoms with Crippen LogP contribution in [0, 0.1) is 5.41 Å². The summed E-state index contributed by atoms with van der Waals surface area (Å²) in [7, 11) is 0. The van der Waals surface area contributed by atoms with Crippen molar-refractivity contribution in [2.24, 2.45) is 5.41 Å². The number of tetrazole rings is 1. The maximum Gasteiger partial charge on any atom is 0.325 e. The Kier molecular flexibility index (Phi) is 6.13. The highest BCUT2D eigenvalue weighted by atomic mass is 32.2. The van der Waals surface area contributed by atoms with E-state index in [9.17, 15) is 24.3 Å². The lowest BCUT2D eigenvalue weighted by Crippen LogP contribution is -2.74. The standard InChI is InChI=1S/C17H18N6O6S3/c1-9(24)23(10-3-2-4-30-10)12-13(27)21-6-17(15(28)29,7-31-14(12)21)8-32-16-18-19-20-22(16)5-11(25)26/h2-4,12,14H,5-8H2,1H3,(H,25,26)(H,28,29)/t12?,14-,17?/m1/s1. The highest BCUT2D eigenvalue weighted by Gasteiger charge is 2.59. The van der Waals surface area contributed by atoms with Crippen LogP contribution in [0.5, 0.6) is 0 Å². The van der Waals surface area contributed by atoms with E-state index >= 15 is 0 Å². The van der Waals surface area contributed by atoms with Crippen LogP contribution in [0.25, 0.3) is 0 Å². The minimum absolute atomic E-state index is 0.0149. The summed E-state index contributed by atoms with van der Waals surface area (Å²) < 4.78 is 1.08. The number of nitrogens with zero attached hydrogens (tertiary/aromatic N) is 6. The third-order valence-electron chi connectivity index (χ3n) is 5.19. The highest BCUT2D eigenvalue weighted by Crippen LogP contribution is 2.46. The van der Waals surface area contributed by atoms with Crippen molar-refractivity contribution in [3.63, 3.8) is 0 Å². The second-order valence-electron chi connectivity index (χ2n) is 7.34. The zero-order valence-corrected chi connectivity index (χ0v) is 19.1. The van der Waals surface area contributed by atoms with Gasteiger partial charge in [0.2, 0.25) is 17.0 Å². The quantitative estimate of drug-likeness (QED) is 0.381. The molecule has 2 amide bonds. The van der Waals surface area contributed by atoms with Gasteiger partial charge in [-0.15, -0.1) is 28.2 Å². The van der Waals surface area contributed by atoms with Crippen LogP contribution >= 0.6 is 34.9 Å². The van der Waals surface area contributed by atoms with Gasteiger partial charge in [0.15, 0.2) is 0 Å². The van der Waals surface area contributed by atoms with Crippen LogP contribution in [0.3, 0.4) is 0 Å². The fourth-order valence-corrected chi connectivity index (χ4v) is 7.20. The summed E-state index contributed by atoms with van der Waals surface area (Å²) in [6.07, 6.45) is 0. The average molecular weight is 499 g/mol. The molecule has 0 radical (unpaired) electrons. The second-order valence-corrected chi connectivity index (χ2v) is 10.3. The number of carbonyl (C=O) groups excluding carboxylic acids is 2. The molecule has 15 heteroatoms. The molecule has 4 rings (SSSR count). The first-order valence-electron chi connectivity index (χ1n) is 9.33. The predicted octanol–water partition coefficient (Wildman–Crippen LogP) is 0.319. The third kappa shape index (κ3) is 3.95. The molecule has 2 unspecified atom stereocenters. The van der Waals surface area contributed by atoms with E-state index in [-0.39, 0.29) is 40.4 Å². The van der Waals surface area contributed by atoms with Crippen molar-refractivity contribution < 1.29 is 29.4 Å². The lowest BCUT2D eigenvalue weighted by Gasteiger charge is -2.55. The van der Waals surface area contributed by atoms with Gasteiger partial charge in [-0.1, -0.05) is 11.8 Å². The summed E-state index contributed by atoms with van der Waals surface area (Å²) >= 11 is 3.72. The molecule has 170 valence electrons. The number of hydrogen-bond acceptors (Lipinski definition) is 10. The van der Waals surface area contributed by atoms with Crippen molar-refractivity contribution in [1.29, 1.82) is 0 Å². The number of aromatic nitrogens is 4. The molecular weight excluding hydrogens is 480 g/mol. The van der Waals surface area contributed by atoms with Crippen molar-refractivity contribution in [3.8, 4) is 0 Å². The first-order chi connectivity index (χ1) is 15.2. The number of rotatable bonds is 8. The number of β-lactam (4-membered cyclic amide) rings is 1. The fourth-order valence-electron chi connectivity index (χ4n) is 3.61. The minimum Gasteiger partial charge on any atom is -0.481 e.